The van der Waals surface area contributed by atoms with Crippen LogP contribution in [0.25, 0.3) is 22.2 Å². The molecular formula is C23H26N4O4S. The molecule has 9 heteroatoms. The van der Waals surface area contributed by atoms with Crippen LogP contribution in [0.15, 0.2) is 51.7 Å². The number of aromatic nitrogens is 1. The number of hydrogen-bond acceptors (Lipinski definition) is 6. The van der Waals surface area contributed by atoms with E-state index in [4.69, 9.17) is 10.2 Å². The minimum absolute atomic E-state index is 0.257. The molecule has 1 saturated carbocycles. The van der Waals surface area contributed by atoms with Gasteiger partial charge in [-0.1, -0.05) is 43.2 Å². The lowest BCUT2D eigenvalue weighted by Gasteiger charge is -2.29. The van der Waals surface area contributed by atoms with Gasteiger partial charge in [-0.15, -0.1) is 0 Å². The van der Waals surface area contributed by atoms with E-state index in [9.17, 15) is 18.5 Å². The molecule has 32 heavy (non-hydrogen) atoms. The van der Waals surface area contributed by atoms with Crippen molar-refractivity contribution in [1.29, 1.82) is 5.26 Å². The summed E-state index contributed by atoms with van der Waals surface area (Å²) in [4.78, 5) is 11.7. The number of sulfonamides is 1. The summed E-state index contributed by atoms with van der Waals surface area (Å²) in [7, 11) is -2.02. The number of hydrogen-bond donors (Lipinski definition) is 2. The molecule has 2 aromatic carbocycles. The first-order valence-corrected chi connectivity index (χ1v) is 12.2. The Morgan fingerprint density at radius 2 is 1.88 bits per heavy atom. The maximum absolute atomic E-state index is 12.8. The monoisotopic (exact) mass is 454 g/mol. The number of benzene rings is 2. The van der Waals surface area contributed by atoms with Crippen molar-refractivity contribution in [2.45, 2.75) is 49.4 Å². The Morgan fingerprint density at radius 1 is 1.19 bits per heavy atom. The number of nitrogens with two attached hydrogens (primary N) is 1. The highest BCUT2D eigenvalue weighted by Crippen LogP contribution is 2.25. The van der Waals surface area contributed by atoms with Gasteiger partial charge in [0, 0.05) is 19.5 Å². The lowest BCUT2D eigenvalue weighted by atomic mass is 9.96. The van der Waals surface area contributed by atoms with Gasteiger partial charge in [0.05, 0.1) is 16.8 Å². The first-order chi connectivity index (χ1) is 15.3. The molecule has 1 aliphatic carbocycles. The molecule has 168 valence electrons. The molecule has 3 atom stereocenters. The number of aryl methyl sites for hydroxylation is 1. The average Bonchev–Trinajstić information content (AvgIpc) is 3.07. The molecule has 0 saturated heterocycles. The third-order valence-electron chi connectivity index (χ3n) is 6.13. The van der Waals surface area contributed by atoms with Crippen LogP contribution in [-0.4, -0.2) is 30.3 Å². The Hall–Kier alpha value is -2.93. The van der Waals surface area contributed by atoms with Gasteiger partial charge in [-0.05, 0) is 41.7 Å². The van der Waals surface area contributed by atoms with E-state index in [1.165, 1.54) is 4.57 Å². The first-order valence-electron chi connectivity index (χ1n) is 10.6. The molecule has 1 aromatic heterocycles. The summed E-state index contributed by atoms with van der Waals surface area (Å²) < 4.78 is 34.7. The lowest BCUT2D eigenvalue weighted by Crippen LogP contribution is -2.50. The number of nitriles is 1. The molecule has 1 heterocycles. The van der Waals surface area contributed by atoms with Gasteiger partial charge in [0.1, 0.15) is 6.04 Å². The zero-order valence-corrected chi connectivity index (χ0v) is 18.6. The molecule has 0 spiro atoms. The van der Waals surface area contributed by atoms with Crippen molar-refractivity contribution in [3.8, 4) is 17.2 Å². The summed E-state index contributed by atoms with van der Waals surface area (Å²) in [5.74, 6) is -0.410. The second kappa shape index (κ2) is 8.90. The van der Waals surface area contributed by atoms with Gasteiger partial charge in [-0.2, -0.15) is 9.98 Å². The molecule has 0 radical (unpaired) electrons. The topological polar surface area (TPSA) is 131 Å². The van der Waals surface area contributed by atoms with Gasteiger partial charge in [0.25, 0.3) is 0 Å². The van der Waals surface area contributed by atoms with Gasteiger partial charge in [0.15, 0.2) is 5.58 Å². The maximum atomic E-state index is 12.8. The molecule has 8 nitrogen and oxygen atoms in total. The van der Waals surface area contributed by atoms with E-state index in [-0.39, 0.29) is 6.42 Å². The third kappa shape index (κ3) is 4.48. The molecule has 4 rings (SSSR count). The lowest BCUT2D eigenvalue weighted by molar-refractivity contribution is 0.426. The fourth-order valence-corrected chi connectivity index (χ4v) is 6.07. The summed E-state index contributed by atoms with van der Waals surface area (Å²) in [5, 5.41) is 8.88. The average molecular weight is 455 g/mol. The summed E-state index contributed by atoms with van der Waals surface area (Å²) >= 11 is 0. The zero-order valence-electron chi connectivity index (χ0n) is 17.8. The molecule has 0 aliphatic heterocycles. The molecule has 3 N–H and O–H groups in total. The number of nitrogens with one attached hydrogen (secondary N) is 1. The smallest absolute Gasteiger partial charge is 0.408 e. The Balaban J connectivity index is 1.48. The highest BCUT2D eigenvalue weighted by Gasteiger charge is 2.34. The predicted octanol–water partition coefficient (Wildman–Crippen LogP) is 2.42. The summed E-state index contributed by atoms with van der Waals surface area (Å²) in [5.41, 5.74) is 9.96. The fourth-order valence-electron chi connectivity index (χ4n) is 4.29. The van der Waals surface area contributed by atoms with Crippen molar-refractivity contribution in [3.05, 3.63) is 58.6 Å². The van der Waals surface area contributed by atoms with Crippen LogP contribution < -0.4 is 16.2 Å². The SMILES string of the molecule is Cn1c(=O)oc2ccc(-c3ccc(C[C@@H](C#N)NS(=O)(=O)C4CCCCC4N)cc3)cc21. The van der Waals surface area contributed by atoms with Gasteiger partial charge in [-0.25, -0.2) is 13.2 Å². The Bertz CT molecular complexity index is 1320. The van der Waals surface area contributed by atoms with Gasteiger partial charge in [0.2, 0.25) is 10.0 Å². The van der Waals surface area contributed by atoms with Gasteiger partial charge >= 0.3 is 5.76 Å². The summed E-state index contributed by atoms with van der Waals surface area (Å²) in [6.45, 7) is 0. The Kier molecular flexibility index (Phi) is 6.20. The number of fused-ring (bicyclic) bond motifs is 1. The third-order valence-corrected chi connectivity index (χ3v) is 8.13. The van der Waals surface area contributed by atoms with Crippen LogP contribution in [0.3, 0.4) is 0 Å². The van der Waals surface area contributed by atoms with Crippen molar-refractivity contribution < 1.29 is 12.8 Å². The van der Waals surface area contributed by atoms with Crippen LogP contribution in [0.1, 0.15) is 31.2 Å². The van der Waals surface area contributed by atoms with Crippen LogP contribution in [0.2, 0.25) is 0 Å². The number of nitrogens with zero attached hydrogens (tertiary/aromatic N) is 2. The van der Waals surface area contributed by atoms with Crippen LogP contribution in [-0.2, 0) is 23.5 Å². The number of oxazole rings is 1. The van der Waals surface area contributed by atoms with E-state index in [1.54, 1.807) is 13.1 Å². The Labute approximate surface area is 186 Å². The maximum Gasteiger partial charge on any atom is 0.419 e. The van der Waals surface area contributed by atoms with E-state index in [1.807, 2.05) is 36.4 Å². The van der Waals surface area contributed by atoms with Crippen molar-refractivity contribution in [1.82, 2.24) is 9.29 Å². The highest BCUT2D eigenvalue weighted by atomic mass is 32.2. The molecule has 0 bridgehead atoms. The second-order valence-corrected chi connectivity index (χ2v) is 10.3. The molecule has 0 amide bonds. The standard InChI is InChI=1S/C23H26N4O4S/c1-27-20-13-17(10-11-21(20)31-23(27)28)16-8-6-15(7-9-16)12-18(14-24)26-32(29,30)22-5-3-2-4-19(22)25/h6-11,13,18-19,22,26H,2-5,12,25H2,1H3/t18-,19?,22?/m0/s1. The van der Waals surface area contributed by atoms with E-state index in [2.05, 4.69) is 10.8 Å². The minimum Gasteiger partial charge on any atom is -0.408 e. The molecule has 1 fully saturated rings. The normalized spacial score (nSPS) is 20.2. The number of rotatable bonds is 6. The van der Waals surface area contributed by atoms with Crippen LogP contribution in [0, 0.1) is 11.3 Å². The largest absolute Gasteiger partial charge is 0.419 e. The predicted molar refractivity (Wildman–Crippen MR) is 122 cm³/mol. The molecule has 1 aliphatic rings. The van der Waals surface area contributed by atoms with Crippen LogP contribution in [0.5, 0.6) is 0 Å². The quantitative estimate of drug-likeness (QED) is 0.588. The second-order valence-electron chi connectivity index (χ2n) is 8.34. The van der Waals surface area contributed by atoms with Gasteiger partial charge < -0.3 is 10.2 Å². The van der Waals surface area contributed by atoms with Gasteiger partial charge in [-0.3, -0.25) is 4.57 Å². The zero-order chi connectivity index (χ0) is 22.9. The van der Waals surface area contributed by atoms with Crippen molar-refractivity contribution >= 4 is 21.1 Å². The van der Waals surface area contributed by atoms with E-state index < -0.39 is 33.1 Å². The molecule has 3 aromatic rings. The van der Waals surface area contributed by atoms with Crippen LogP contribution in [0.4, 0.5) is 0 Å². The van der Waals surface area contributed by atoms with Crippen molar-refractivity contribution in [3.63, 3.8) is 0 Å². The van der Waals surface area contributed by atoms with Crippen molar-refractivity contribution in [2.75, 3.05) is 0 Å². The summed E-state index contributed by atoms with van der Waals surface area (Å²) in [6, 6.07) is 13.9. The first kappa shape index (κ1) is 22.3. The highest BCUT2D eigenvalue weighted by molar-refractivity contribution is 7.90. The molecular weight excluding hydrogens is 428 g/mol. The van der Waals surface area contributed by atoms with Crippen molar-refractivity contribution in [2.24, 2.45) is 12.8 Å². The van der Waals surface area contributed by atoms with E-state index in [0.717, 1.165) is 29.5 Å². The molecule has 2 unspecified atom stereocenters. The van der Waals surface area contributed by atoms with E-state index >= 15 is 0 Å². The van der Waals surface area contributed by atoms with Crippen LogP contribution >= 0.6 is 0 Å². The van der Waals surface area contributed by atoms with E-state index in [0.29, 0.717) is 23.9 Å². The summed E-state index contributed by atoms with van der Waals surface area (Å²) in [6.07, 6.45) is 3.23. The Morgan fingerprint density at radius 3 is 2.56 bits per heavy atom. The fraction of sp³-hybridized carbons (Fsp3) is 0.391. The minimum atomic E-state index is -3.67.